The van der Waals surface area contributed by atoms with E-state index in [4.69, 9.17) is 9.47 Å². The topological polar surface area (TPSA) is 59.0 Å². The van der Waals surface area contributed by atoms with Crippen LogP contribution in [0.15, 0.2) is 18.2 Å². The van der Waals surface area contributed by atoms with E-state index in [1.807, 2.05) is 37.9 Å². The molecule has 2 unspecified atom stereocenters. The van der Waals surface area contributed by atoms with E-state index in [9.17, 15) is 9.90 Å². The maximum atomic E-state index is 12.9. The average molecular weight is 347 g/mol. The number of carbonyl (C=O) groups is 1. The predicted octanol–water partition coefficient (Wildman–Crippen LogP) is 3.11. The molecule has 4 atom stereocenters. The van der Waals surface area contributed by atoms with Gasteiger partial charge < -0.3 is 19.5 Å². The van der Waals surface area contributed by atoms with Gasteiger partial charge in [-0.05, 0) is 69.6 Å². The molecular formula is C20H29NO4. The first kappa shape index (κ1) is 18.1. The van der Waals surface area contributed by atoms with Crippen molar-refractivity contribution in [3.63, 3.8) is 0 Å². The van der Waals surface area contributed by atoms with Crippen LogP contribution in [-0.2, 0) is 0 Å². The van der Waals surface area contributed by atoms with Crippen LogP contribution in [0.3, 0.4) is 0 Å². The molecule has 2 saturated carbocycles. The van der Waals surface area contributed by atoms with Crippen molar-refractivity contribution in [1.82, 2.24) is 4.90 Å². The van der Waals surface area contributed by atoms with E-state index in [0.29, 0.717) is 42.1 Å². The van der Waals surface area contributed by atoms with Crippen LogP contribution < -0.4 is 9.47 Å². The second-order valence-electron chi connectivity index (χ2n) is 7.21. The molecule has 0 spiro atoms. The fourth-order valence-corrected chi connectivity index (χ4v) is 4.42. The largest absolute Gasteiger partial charge is 0.490 e. The Labute approximate surface area is 149 Å². The third-order valence-electron chi connectivity index (χ3n) is 5.62. The molecule has 2 aliphatic carbocycles. The van der Waals surface area contributed by atoms with E-state index < -0.39 is 0 Å². The number of hydrogen-bond donors (Lipinski definition) is 1. The molecule has 0 bridgehead atoms. The van der Waals surface area contributed by atoms with Gasteiger partial charge in [0.1, 0.15) is 0 Å². The third-order valence-corrected chi connectivity index (χ3v) is 5.62. The third kappa shape index (κ3) is 3.76. The van der Waals surface area contributed by atoms with Gasteiger partial charge in [-0.2, -0.15) is 0 Å². The molecule has 1 N–H and O–H groups in total. The van der Waals surface area contributed by atoms with E-state index in [1.54, 1.807) is 6.07 Å². The van der Waals surface area contributed by atoms with Crippen molar-refractivity contribution in [2.75, 3.05) is 20.3 Å². The first-order chi connectivity index (χ1) is 12.0. The fourth-order valence-electron chi connectivity index (χ4n) is 4.42. The smallest absolute Gasteiger partial charge is 0.253 e. The molecule has 0 aromatic heterocycles. The van der Waals surface area contributed by atoms with Gasteiger partial charge in [-0.15, -0.1) is 0 Å². The summed E-state index contributed by atoms with van der Waals surface area (Å²) in [6.07, 6.45) is 3.64. The number of aliphatic hydroxyl groups is 1. The van der Waals surface area contributed by atoms with Gasteiger partial charge in [0.25, 0.3) is 5.91 Å². The number of rotatable bonds is 6. The molecule has 25 heavy (non-hydrogen) atoms. The van der Waals surface area contributed by atoms with E-state index in [2.05, 4.69) is 0 Å². The standard InChI is InChI=1S/C20H29NO4/c1-4-24-18-7-6-13(12-19(18)25-5-2)20(23)21(3)16-8-14-10-17(22)11-15(14)9-16/h6-7,12,14-17,22H,4-5,8-11H2,1-3H3/t14-,15+,16?,17?. The zero-order valence-corrected chi connectivity index (χ0v) is 15.4. The molecular weight excluding hydrogens is 318 g/mol. The number of nitrogens with zero attached hydrogens (tertiary/aromatic N) is 1. The average Bonchev–Trinajstić information content (AvgIpc) is 3.13. The van der Waals surface area contributed by atoms with E-state index in [0.717, 1.165) is 25.7 Å². The molecule has 2 fully saturated rings. The van der Waals surface area contributed by atoms with Crippen LogP contribution in [0, 0.1) is 11.8 Å². The summed E-state index contributed by atoms with van der Waals surface area (Å²) in [6, 6.07) is 5.67. The summed E-state index contributed by atoms with van der Waals surface area (Å²) in [7, 11) is 1.89. The Kier molecular flexibility index (Phi) is 5.52. The van der Waals surface area contributed by atoms with Crippen LogP contribution in [0.2, 0.25) is 0 Å². The predicted molar refractivity (Wildman–Crippen MR) is 96.1 cm³/mol. The summed E-state index contributed by atoms with van der Waals surface area (Å²) in [4.78, 5) is 14.8. The molecule has 2 aliphatic rings. The molecule has 138 valence electrons. The molecule has 0 aliphatic heterocycles. The number of fused-ring (bicyclic) bond motifs is 1. The maximum Gasteiger partial charge on any atom is 0.253 e. The molecule has 0 heterocycles. The highest BCUT2D eigenvalue weighted by Crippen LogP contribution is 2.45. The molecule has 5 nitrogen and oxygen atoms in total. The number of amides is 1. The number of ether oxygens (including phenoxy) is 2. The number of hydrogen-bond acceptors (Lipinski definition) is 4. The molecule has 3 rings (SSSR count). The molecule has 1 aromatic carbocycles. The number of carbonyl (C=O) groups excluding carboxylic acids is 1. The number of benzene rings is 1. The summed E-state index contributed by atoms with van der Waals surface area (Å²) >= 11 is 0. The van der Waals surface area contributed by atoms with Gasteiger partial charge >= 0.3 is 0 Å². The van der Waals surface area contributed by atoms with Crippen molar-refractivity contribution in [3.05, 3.63) is 23.8 Å². The van der Waals surface area contributed by atoms with Gasteiger partial charge in [-0.1, -0.05) is 0 Å². The Morgan fingerprint density at radius 1 is 1.08 bits per heavy atom. The summed E-state index contributed by atoms with van der Waals surface area (Å²) in [5.74, 6) is 2.45. The minimum atomic E-state index is -0.142. The lowest BCUT2D eigenvalue weighted by Gasteiger charge is -2.26. The van der Waals surface area contributed by atoms with Gasteiger partial charge in [-0.3, -0.25) is 4.79 Å². The zero-order valence-electron chi connectivity index (χ0n) is 15.4. The van der Waals surface area contributed by atoms with E-state index >= 15 is 0 Å². The molecule has 1 amide bonds. The summed E-state index contributed by atoms with van der Waals surface area (Å²) < 4.78 is 11.2. The van der Waals surface area contributed by atoms with E-state index in [-0.39, 0.29) is 18.1 Å². The quantitative estimate of drug-likeness (QED) is 0.859. The highest BCUT2D eigenvalue weighted by Gasteiger charge is 2.43. The molecule has 0 saturated heterocycles. The van der Waals surface area contributed by atoms with Gasteiger partial charge in [0.05, 0.1) is 19.3 Å². The molecule has 1 aromatic rings. The Morgan fingerprint density at radius 3 is 2.28 bits per heavy atom. The van der Waals surface area contributed by atoms with Crippen LogP contribution in [0.4, 0.5) is 0 Å². The SMILES string of the molecule is CCOc1ccc(C(=O)N(C)C2C[C@H]3CC(O)C[C@H]3C2)cc1OCC. The fraction of sp³-hybridized carbons (Fsp3) is 0.650. The van der Waals surface area contributed by atoms with Crippen LogP contribution >= 0.6 is 0 Å². The minimum Gasteiger partial charge on any atom is -0.490 e. The second-order valence-corrected chi connectivity index (χ2v) is 7.21. The van der Waals surface area contributed by atoms with Gasteiger partial charge in [0, 0.05) is 18.7 Å². The Morgan fingerprint density at radius 2 is 1.68 bits per heavy atom. The monoisotopic (exact) mass is 347 g/mol. The normalized spacial score (nSPS) is 27.8. The van der Waals surface area contributed by atoms with Crippen molar-refractivity contribution in [1.29, 1.82) is 0 Å². The summed E-state index contributed by atoms with van der Waals surface area (Å²) in [6.45, 7) is 4.93. The maximum absolute atomic E-state index is 12.9. The first-order valence-corrected chi connectivity index (χ1v) is 9.38. The van der Waals surface area contributed by atoms with Crippen molar-refractivity contribution < 1.29 is 19.4 Å². The van der Waals surface area contributed by atoms with Crippen molar-refractivity contribution in [2.24, 2.45) is 11.8 Å². The highest BCUT2D eigenvalue weighted by molar-refractivity contribution is 5.95. The summed E-state index contributed by atoms with van der Waals surface area (Å²) in [5.41, 5.74) is 0.631. The Bertz CT molecular complexity index is 604. The second kappa shape index (κ2) is 7.65. The van der Waals surface area contributed by atoms with Crippen molar-refractivity contribution in [3.8, 4) is 11.5 Å². The Hall–Kier alpha value is -1.75. The Balaban J connectivity index is 1.71. The van der Waals surface area contributed by atoms with Gasteiger partial charge in [0.2, 0.25) is 0 Å². The first-order valence-electron chi connectivity index (χ1n) is 9.38. The molecule has 0 radical (unpaired) electrons. The molecule has 5 heteroatoms. The van der Waals surface area contributed by atoms with Gasteiger partial charge in [-0.25, -0.2) is 0 Å². The lowest BCUT2D eigenvalue weighted by molar-refractivity contribution is 0.0721. The highest BCUT2D eigenvalue weighted by atomic mass is 16.5. The van der Waals surface area contributed by atoms with E-state index in [1.165, 1.54) is 0 Å². The zero-order chi connectivity index (χ0) is 18.0. The van der Waals surface area contributed by atoms with Crippen molar-refractivity contribution >= 4 is 5.91 Å². The lowest BCUT2D eigenvalue weighted by Crippen LogP contribution is -2.36. The van der Waals surface area contributed by atoms with Crippen LogP contribution in [0.25, 0.3) is 0 Å². The minimum absolute atomic E-state index is 0.0227. The number of aliphatic hydroxyl groups excluding tert-OH is 1. The summed E-state index contributed by atoms with van der Waals surface area (Å²) in [5, 5.41) is 9.79. The van der Waals surface area contributed by atoms with Crippen molar-refractivity contribution in [2.45, 2.75) is 51.7 Å². The van der Waals surface area contributed by atoms with Crippen LogP contribution in [-0.4, -0.2) is 48.3 Å². The van der Waals surface area contributed by atoms with Gasteiger partial charge in [0.15, 0.2) is 11.5 Å². The van der Waals surface area contributed by atoms with Crippen LogP contribution in [0.5, 0.6) is 11.5 Å². The van der Waals surface area contributed by atoms with Crippen LogP contribution in [0.1, 0.15) is 49.9 Å². The lowest BCUT2D eigenvalue weighted by atomic mass is 10.0.